The fourth-order valence-electron chi connectivity index (χ4n) is 4.12. The number of quaternary nitrogens is 1. The number of benzene rings is 3. The minimum Gasteiger partial charge on any atom is -0.230 e. The molecule has 1 atom stereocenters. The lowest BCUT2D eigenvalue weighted by atomic mass is 9.99. The van der Waals surface area contributed by atoms with E-state index in [0.717, 1.165) is 11.4 Å². The monoisotopic (exact) mass is 328 g/mol. The van der Waals surface area contributed by atoms with Gasteiger partial charge in [-0.3, -0.25) is 0 Å². The van der Waals surface area contributed by atoms with Gasteiger partial charge in [-0.15, -0.1) is 0 Å². The number of para-hydroxylation sites is 1. The van der Waals surface area contributed by atoms with Crippen LogP contribution in [-0.2, 0) is 11.3 Å². The Morgan fingerprint density at radius 1 is 0.840 bits per heavy atom. The Labute approximate surface area is 148 Å². The van der Waals surface area contributed by atoms with Gasteiger partial charge in [0.1, 0.15) is 6.54 Å². The van der Waals surface area contributed by atoms with Gasteiger partial charge in [0.2, 0.25) is 0 Å². The highest BCUT2D eigenvalue weighted by molar-refractivity contribution is 6.08. The van der Waals surface area contributed by atoms with E-state index in [4.69, 9.17) is 0 Å². The third-order valence-corrected chi connectivity index (χ3v) is 5.49. The smallest absolute Gasteiger partial charge is 0.230 e. The lowest BCUT2D eigenvalue weighted by Gasteiger charge is -2.32. The van der Waals surface area contributed by atoms with Gasteiger partial charge in [0.05, 0.1) is 6.92 Å². The van der Waals surface area contributed by atoms with E-state index >= 15 is 0 Å². The van der Waals surface area contributed by atoms with E-state index in [0.29, 0.717) is 6.54 Å². The van der Waals surface area contributed by atoms with Gasteiger partial charge in [0, 0.05) is 28.3 Å². The minimum absolute atomic E-state index is 0.156. The Bertz CT molecular complexity index is 975. The molecular formula is C23H22NO+. The molecule has 1 amide bonds. The normalized spacial score (nSPS) is 17.9. The van der Waals surface area contributed by atoms with Crippen molar-refractivity contribution in [2.45, 2.75) is 27.3 Å². The molecule has 3 aromatic carbocycles. The van der Waals surface area contributed by atoms with Gasteiger partial charge in [-0.1, -0.05) is 48.5 Å². The first-order chi connectivity index (χ1) is 12.1. The van der Waals surface area contributed by atoms with Crippen molar-refractivity contribution in [1.29, 1.82) is 0 Å². The zero-order valence-electron chi connectivity index (χ0n) is 14.9. The summed E-state index contributed by atoms with van der Waals surface area (Å²) in [6.07, 6.45) is 0. The number of nitrogens with zero attached hydrogens (tertiary/aromatic N) is 1. The van der Waals surface area contributed by atoms with Crippen molar-refractivity contribution in [2.24, 2.45) is 0 Å². The van der Waals surface area contributed by atoms with Crippen LogP contribution in [0.5, 0.6) is 0 Å². The molecule has 0 fully saturated rings. The number of hydrogen-bond acceptors (Lipinski definition) is 1. The first-order valence-corrected chi connectivity index (χ1v) is 8.69. The zero-order valence-corrected chi connectivity index (χ0v) is 14.9. The molecule has 0 N–H and O–H groups in total. The predicted octanol–water partition coefficient (Wildman–Crippen LogP) is 5.67. The van der Waals surface area contributed by atoms with Gasteiger partial charge in [0.25, 0.3) is 0 Å². The Morgan fingerprint density at radius 2 is 1.52 bits per heavy atom. The maximum absolute atomic E-state index is 13.1. The maximum atomic E-state index is 13.1. The molecule has 2 heteroatoms. The van der Waals surface area contributed by atoms with Crippen molar-refractivity contribution in [3.63, 3.8) is 0 Å². The van der Waals surface area contributed by atoms with E-state index in [1.807, 2.05) is 24.3 Å². The Morgan fingerprint density at radius 3 is 2.24 bits per heavy atom. The summed E-state index contributed by atoms with van der Waals surface area (Å²) in [4.78, 5) is 13.1. The average Bonchev–Trinajstić information content (AvgIpc) is 2.91. The van der Waals surface area contributed by atoms with Crippen LogP contribution in [0.4, 0.5) is 11.4 Å². The molecule has 1 unspecified atom stereocenters. The summed E-state index contributed by atoms with van der Waals surface area (Å²) >= 11 is 0. The van der Waals surface area contributed by atoms with E-state index in [9.17, 15) is 4.79 Å². The second-order valence-electron chi connectivity index (χ2n) is 6.89. The molecule has 4 rings (SSSR count). The van der Waals surface area contributed by atoms with Crippen molar-refractivity contribution in [3.8, 4) is 11.1 Å². The van der Waals surface area contributed by atoms with E-state index in [1.54, 1.807) is 6.92 Å². The Balaban J connectivity index is 2.07. The molecule has 25 heavy (non-hydrogen) atoms. The van der Waals surface area contributed by atoms with Crippen LogP contribution in [0.25, 0.3) is 11.1 Å². The van der Waals surface area contributed by atoms with Crippen molar-refractivity contribution in [3.05, 3.63) is 83.4 Å². The fraction of sp³-hybridized carbons (Fsp3) is 0.174. The van der Waals surface area contributed by atoms with E-state index in [-0.39, 0.29) is 10.4 Å². The highest BCUT2D eigenvalue weighted by atomic mass is 16.2. The number of rotatable bonds is 2. The van der Waals surface area contributed by atoms with Crippen LogP contribution in [0.1, 0.15) is 23.6 Å². The molecule has 0 aliphatic carbocycles. The molecule has 3 aromatic rings. The first-order valence-electron chi connectivity index (χ1n) is 8.69. The fourth-order valence-corrected chi connectivity index (χ4v) is 4.12. The van der Waals surface area contributed by atoms with Gasteiger partial charge in [-0.25, -0.2) is 4.79 Å². The number of hydrogen-bond donors (Lipinski definition) is 0. The lowest BCUT2D eigenvalue weighted by Crippen LogP contribution is -2.46. The minimum atomic E-state index is 0.156. The Kier molecular flexibility index (Phi) is 3.59. The van der Waals surface area contributed by atoms with Crippen molar-refractivity contribution < 1.29 is 4.79 Å². The molecule has 1 heterocycles. The van der Waals surface area contributed by atoms with Crippen LogP contribution in [0.3, 0.4) is 0 Å². The standard InChI is InChI=1S/C23H22NO/c1-16-13-14-21-20-11-7-8-12-22(20)24(18(3)25,23(21)17(16)2)15-19-9-5-4-6-10-19/h4-14H,15H2,1-3H3/q+1. The molecule has 0 radical (unpaired) electrons. The van der Waals surface area contributed by atoms with Crippen molar-refractivity contribution in [2.75, 3.05) is 0 Å². The summed E-state index contributed by atoms with van der Waals surface area (Å²) in [6.45, 7) is 6.62. The average molecular weight is 328 g/mol. The van der Waals surface area contributed by atoms with Crippen LogP contribution >= 0.6 is 0 Å². The maximum Gasteiger partial charge on any atom is 0.321 e. The topological polar surface area (TPSA) is 17.1 Å². The second kappa shape index (κ2) is 5.68. The van der Waals surface area contributed by atoms with Crippen LogP contribution in [-0.4, -0.2) is 5.91 Å². The third kappa shape index (κ3) is 2.18. The Hall–Kier alpha value is -2.71. The quantitative estimate of drug-likeness (QED) is 0.554. The van der Waals surface area contributed by atoms with Gasteiger partial charge >= 0.3 is 5.91 Å². The molecule has 1 aliphatic rings. The van der Waals surface area contributed by atoms with E-state index < -0.39 is 0 Å². The third-order valence-electron chi connectivity index (χ3n) is 5.49. The molecule has 0 saturated carbocycles. The molecular weight excluding hydrogens is 306 g/mol. The van der Waals surface area contributed by atoms with Crippen molar-refractivity contribution >= 4 is 17.3 Å². The highest BCUT2D eigenvalue weighted by Crippen LogP contribution is 2.55. The number of carbonyl (C=O) groups excluding carboxylic acids is 1. The zero-order chi connectivity index (χ0) is 17.6. The molecule has 0 saturated heterocycles. The number of fused-ring (bicyclic) bond motifs is 3. The van der Waals surface area contributed by atoms with Crippen LogP contribution in [0.2, 0.25) is 0 Å². The number of amides is 1. The van der Waals surface area contributed by atoms with E-state index in [1.165, 1.54) is 27.8 Å². The largest absolute Gasteiger partial charge is 0.321 e. The summed E-state index contributed by atoms with van der Waals surface area (Å²) in [6, 6.07) is 23.0. The lowest BCUT2D eigenvalue weighted by molar-refractivity contribution is -0.125. The van der Waals surface area contributed by atoms with Crippen LogP contribution < -0.4 is 4.48 Å². The van der Waals surface area contributed by atoms with Gasteiger partial charge < -0.3 is 0 Å². The van der Waals surface area contributed by atoms with Crippen LogP contribution in [0.15, 0.2) is 66.7 Å². The molecule has 0 bridgehead atoms. The van der Waals surface area contributed by atoms with Gasteiger partial charge in [0.15, 0.2) is 11.4 Å². The summed E-state index contributed by atoms with van der Waals surface area (Å²) in [7, 11) is 0. The predicted molar refractivity (Wildman–Crippen MR) is 104 cm³/mol. The number of aryl methyl sites for hydroxylation is 1. The second-order valence-corrected chi connectivity index (χ2v) is 6.89. The molecule has 1 aliphatic heterocycles. The first kappa shape index (κ1) is 15.8. The summed E-state index contributed by atoms with van der Waals surface area (Å²) in [5.41, 5.74) is 8.18. The molecule has 0 aromatic heterocycles. The van der Waals surface area contributed by atoms with Gasteiger partial charge in [-0.05, 0) is 31.5 Å². The molecule has 2 nitrogen and oxygen atoms in total. The summed E-state index contributed by atoms with van der Waals surface area (Å²) in [5.74, 6) is 0.156. The van der Waals surface area contributed by atoms with Crippen LogP contribution in [0, 0.1) is 13.8 Å². The van der Waals surface area contributed by atoms with Crippen molar-refractivity contribution in [1.82, 2.24) is 4.48 Å². The highest BCUT2D eigenvalue weighted by Gasteiger charge is 2.49. The SMILES string of the molecule is CC(=O)[N+]1(Cc2ccccc2)c2ccccc2-c2ccc(C)c(C)c21. The van der Waals surface area contributed by atoms with E-state index in [2.05, 4.69) is 56.3 Å². The summed E-state index contributed by atoms with van der Waals surface area (Å²) in [5, 5.41) is 0. The molecule has 124 valence electrons. The van der Waals surface area contributed by atoms with Gasteiger partial charge in [-0.2, -0.15) is 4.48 Å². The molecule has 0 spiro atoms. The summed E-state index contributed by atoms with van der Waals surface area (Å²) < 4.78 is 0.267. The number of carbonyl (C=O) groups is 1.